The van der Waals surface area contributed by atoms with Gasteiger partial charge in [-0.15, -0.1) is 0 Å². The highest BCUT2D eigenvalue weighted by atomic mass is 79.9. The summed E-state index contributed by atoms with van der Waals surface area (Å²) < 4.78 is 6.64. The lowest BCUT2D eigenvalue weighted by Crippen LogP contribution is -1.94. The van der Waals surface area contributed by atoms with Crippen LogP contribution in [0.4, 0.5) is 0 Å². The molecule has 1 fully saturated rings. The maximum atomic E-state index is 6.00. The minimum absolute atomic E-state index is 0.505. The second-order valence-corrected chi connectivity index (χ2v) is 6.25. The Morgan fingerprint density at radius 1 is 1.15 bits per heavy atom. The van der Waals surface area contributed by atoms with Crippen LogP contribution in [0.1, 0.15) is 24.6 Å². The van der Waals surface area contributed by atoms with Crippen LogP contribution in [0.15, 0.2) is 39.4 Å². The van der Waals surface area contributed by atoms with Crippen molar-refractivity contribution in [2.45, 2.75) is 18.8 Å². The van der Waals surface area contributed by atoms with Crippen molar-refractivity contribution in [3.05, 3.63) is 45.8 Å². The minimum Gasteiger partial charge on any atom is -0.454 e. The fourth-order valence-corrected chi connectivity index (χ4v) is 2.81. The predicted octanol–water partition coefficient (Wildman–Crippen LogP) is 5.18. The molecule has 0 amide bonds. The molecule has 0 saturated heterocycles. The summed E-state index contributed by atoms with van der Waals surface area (Å²) >= 11 is 9.45. The summed E-state index contributed by atoms with van der Waals surface area (Å²) in [6.07, 6.45) is 2.34. The number of rotatable bonds is 2. The largest absolute Gasteiger partial charge is 0.454 e. The molecule has 0 aliphatic heterocycles. The van der Waals surface area contributed by atoms with Gasteiger partial charge in [0.25, 0.3) is 0 Å². The number of halogens is 2. The van der Waals surface area contributed by atoms with Crippen LogP contribution in [0.3, 0.4) is 0 Å². The van der Waals surface area contributed by atoms with Gasteiger partial charge in [0.1, 0.15) is 21.7 Å². The molecule has 5 heteroatoms. The Bertz CT molecular complexity index is 811. The first-order valence-corrected chi connectivity index (χ1v) is 7.60. The Hall–Kier alpha value is -1.39. The van der Waals surface area contributed by atoms with Gasteiger partial charge < -0.3 is 4.42 Å². The van der Waals surface area contributed by atoms with Gasteiger partial charge in [0.2, 0.25) is 0 Å². The van der Waals surface area contributed by atoms with Gasteiger partial charge in [-0.1, -0.05) is 11.6 Å². The lowest BCUT2D eigenvalue weighted by atomic mass is 10.2. The number of fused-ring (bicyclic) bond motifs is 1. The standard InChI is InChI=1S/C15H10BrClN2O/c16-14-7-11(18-15(19-14)8-1-2-8)13-6-9-5-10(17)3-4-12(9)20-13/h3-8H,1-2H2. The molecule has 4 rings (SSSR count). The first-order valence-electron chi connectivity index (χ1n) is 6.43. The molecule has 1 aliphatic carbocycles. The van der Waals surface area contributed by atoms with Crippen LogP contribution in [0.25, 0.3) is 22.4 Å². The van der Waals surface area contributed by atoms with E-state index in [1.165, 1.54) is 12.8 Å². The molecular formula is C15H10BrClN2O. The highest BCUT2D eigenvalue weighted by Gasteiger charge is 2.27. The van der Waals surface area contributed by atoms with E-state index in [-0.39, 0.29) is 0 Å². The number of nitrogens with zero attached hydrogens (tertiary/aromatic N) is 2. The maximum absolute atomic E-state index is 6.00. The van der Waals surface area contributed by atoms with E-state index in [1.807, 2.05) is 30.3 Å². The van der Waals surface area contributed by atoms with Crippen LogP contribution in [-0.2, 0) is 0 Å². The van der Waals surface area contributed by atoms with Crippen LogP contribution in [-0.4, -0.2) is 9.97 Å². The van der Waals surface area contributed by atoms with Gasteiger partial charge in [0.15, 0.2) is 5.76 Å². The lowest BCUT2D eigenvalue weighted by molar-refractivity contribution is 0.627. The Morgan fingerprint density at radius 2 is 2.00 bits per heavy atom. The highest BCUT2D eigenvalue weighted by Crippen LogP contribution is 2.39. The van der Waals surface area contributed by atoms with E-state index in [0.717, 1.165) is 32.9 Å². The molecule has 0 atom stereocenters. The molecule has 3 nitrogen and oxygen atoms in total. The van der Waals surface area contributed by atoms with Crippen LogP contribution in [0, 0.1) is 0 Å². The summed E-state index contributed by atoms with van der Waals surface area (Å²) in [5, 5.41) is 1.68. The number of benzene rings is 1. The molecule has 2 heterocycles. The molecule has 0 spiro atoms. The SMILES string of the molecule is Clc1ccc2oc(-c3cc(Br)nc(C4CC4)n3)cc2c1. The molecule has 20 heavy (non-hydrogen) atoms. The van der Waals surface area contributed by atoms with Gasteiger partial charge >= 0.3 is 0 Å². The predicted molar refractivity (Wildman–Crippen MR) is 81.9 cm³/mol. The zero-order valence-corrected chi connectivity index (χ0v) is 12.8. The van der Waals surface area contributed by atoms with Crippen molar-refractivity contribution >= 4 is 38.5 Å². The smallest absolute Gasteiger partial charge is 0.153 e. The fraction of sp³-hybridized carbons (Fsp3) is 0.200. The third-order valence-corrected chi connectivity index (χ3v) is 4.03. The summed E-state index contributed by atoms with van der Waals surface area (Å²) in [6, 6.07) is 9.43. The molecule has 2 aromatic heterocycles. The molecule has 0 unspecified atom stereocenters. The van der Waals surface area contributed by atoms with E-state index >= 15 is 0 Å². The summed E-state index contributed by atoms with van der Waals surface area (Å²) in [7, 11) is 0. The Balaban J connectivity index is 1.85. The number of hydrogen-bond donors (Lipinski definition) is 0. The third kappa shape index (κ3) is 2.23. The molecule has 1 saturated carbocycles. The van der Waals surface area contributed by atoms with Gasteiger partial charge in [0.05, 0.1) is 0 Å². The summed E-state index contributed by atoms with van der Waals surface area (Å²) in [4.78, 5) is 9.05. The Labute approximate surface area is 129 Å². The van der Waals surface area contributed by atoms with E-state index in [1.54, 1.807) is 0 Å². The zero-order valence-electron chi connectivity index (χ0n) is 10.4. The Kier molecular flexibility index (Phi) is 2.82. The third-order valence-electron chi connectivity index (χ3n) is 3.39. The van der Waals surface area contributed by atoms with E-state index in [2.05, 4.69) is 25.9 Å². The van der Waals surface area contributed by atoms with Crippen molar-refractivity contribution < 1.29 is 4.42 Å². The second-order valence-electron chi connectivity index (χ2n) is 5.00. The number of hydrogen-bond acceptors (Lipinski definition) is 3. The van der Waals surface area contributed by atoms with Crippen LogP contribution in [0.5, 0.6) is 0 Å². The molecule has 3 aromatic rings. The van der Waals surface area contributed by atoms with E-state index in [9.17, 15) is 0 Å². The molecular weight excluding hydrogens is 340 g/mol. The van der Waals surface area contributed by atoms with E-state index in [0.29, 0.717) is 10.9 Å². The van der Waals surface area contributed by atoms with Gasteiger partial charge in [0, 0.05) is 22.4 Å². The average molecular weight is 350 g/mol. The van der Waals surface area contributed by atoms with Crippen LogP contribution >= 0.6 is 27.5 Å². The zero-order chi connectivity index (χ0) is 13.7. The summed E-state index contributed by atoms with van der Waals surface area (Å²) in [5.41, 5.74) is 1.62. The topological polar surface area (TPSA) is 38.9 Å². The second kappa shape index (κ2) is 4.57. The van der Waals surface area contributed by atoms with Crippen molar-refractivity contribution in [1.82, 2.24) is 9.97 Å². The van der Waals surface area contributed by atoms with E-state index < -0.39 is 0 Å². The average Bonchev–Trinajstić information content (AvgIpc) is 3.18. The maximum Gasteiger partial charge on any atom is 0.153 e. The van der Waals surface area contributed by atoms with Crippen LogP contribution < -0.4 is 0 Å². The quantitative estimate of drug-likeness (QED) is 0.598. The fourth-order valence-electron chi connectivity index (χ4n) is 2.23. The normalized spacial score (nSPS) is 14.9. The molecule has 1 aliphatic rings. The van der Waals surface area contributed by atoms with Crippen molar-refractivity contribution in [2.24, 2.45) is 0 Å². The first kappa shape index (κ1) is 12.4. The minimum atomic E-state index is 0.505. The summed E-state index contributed by atoms with van der Waals surface area (Å²) in [6.45, 7) is 0. The van der Waals surface area contributed by atoms with Gasteiger partial charge in [-0.25, -0.2) is 9.97 Å². The molecule has 0 radical (unpaired) electrons. The van der Waals surface area contributed by atoms with Crippen LogP contribution in [0.2, 0.25) is 5.02 Å². The Morgan fingerprint density at radius 3 is 2.80 bits per heavy atom. The molecule has 0 N–H and O–H groups in total. The van der Waals surface area contributed by atoms with Crippen molar-refractivity contribution in [3.63, 3.8) is 0 Å². The van der Waals surface area contributed by atoms with Crippen molar-refractivity contribution in [1.29, 1.82) is 0 Å². The van der Waals surface area contributed by atoms with Gasteiger partial charge in [-0.05, 0) is 53.0 Å². The first-order chi connectivity index (χ1) is 9.69. The number of aromatic nitrogens is 2. The van der Waals surface area contributed by atoms with Gasteiger partial charge in [-0.2, -0.15) is 0 Å². The lowest BCUT2D eigenvalue weighted by Gasteiger charge is -2.01. The number of furan rings is 1. The summed E-state index contributed by atoms with van der Waals surface area (Å²) in [5.74, 6) is 2.14. The molecule has 1 aromatic carbocycles. The van der Waals surface area contributed by atoms with Crippen molar-refractivity contribution in [3.8, 4) is 11.5 Å². The molecule has 0 bridgehead atoms. The van der Waals surface area contributed by atoms with E-state index in [4.69, 9.17) is 16.0 Å². The molecule has 100 valence electrons. The highest BCUT2D eigenvalue weighted by molar-refractivity contribution is 9.10. The monoisotopic (exact) mass is 348 g/mol. The van der Waals surface area contributed by atoms with Gasteiger partial charge in [-0.3, -0.25) is 0 Å². The van der Waals surface area contributed by atoms with Crippen molar-refractivity contribution in [2.75, 3.05) is 0 Å².